The Morgan fingerprint density at radius 1 is 1.03 bits per heavy atom. The molecule has 0 saturated heterocycles. The number of rotatable bonds is 10. The van der Waals surface area contributed by atoms with Crippen LogP contribution in [0, 0.1) is 0 Å². The largest absolute Gasteiger partial charge is 0.493 e. The van der Waals surface area contributed by atoms with E-state index < -0.39 is 6.04 Å². The van der Waals surface area contributed by atoms with E-state index in [2.05, 4.69) is 5.32 Å². The van der Waals surface area contributed by atoms with Gasteiger partial charge < -0.3 is 19.7 Å². The van der Waals surface area contributed by atoms with Crippen molar-refractivity contribution in [3.8, 4) is 11.5 Å². The van der Waals surface area contributed by atoms with E-state index in [9.17, 15) is 9.59 Å². The number of ether oxygens (including phenoxy) is 2. The molecule has 168 valence electrons. The number of amides is 2. The summed E-state index contributed by atoms with van der Waals surface area (Å²) in [6, 6.07) is 11.4. The van der Waals surface area contributed by atoms with Crippen LogP contribution in [0.25, 0.3) is 0 Å². The highest BCUT2D eigenvalue weighted by Gasteiger charge is 2.28. The molecule has 0 heterocycles. The first-order valence-corrected chi connectivity index (χ1v) is 10.8. The number of benzene rings is 2. The quantitative estimate of drug-likeness (QED) is 0.550. The number of nitrogens with zero attached hydrogens (tertiary/aromatic N) is 1. The number of hydrogen-bond acceptors (Lipinski definition) is 4. The Bertz CT molecular complexity index is 887. The second-order valence-electron chi connectivity index (χ2n) is 7.16. The van der Waals surface area contributed by atoms with Crippen LogP contribution >= 0.6 is 23.2 Å². The molecule has 0 aromatic heterocycles. The van der Waals surface area contributed by atoms with Gasteiger partial charge in [0, 0.05) is 28.2 Å². The fourth-order valence-corrected chi connectivity index (χ4v) is 3.38. The molecule has 0 saturated carbocycles. The van der Waals surface area contributed by atoms with Gasteiger partial charge in [-0.1, -0.05) is 48.3 Å². The molecule has 2 amide bonds. The fraction of sp³-hybridized carbons (Fsp3) is 0.391. The lowest BCUT2D eigenvalue weighted by molar-refractivity contribution is -0.142. The first kappa shape index (κ1) is 24.8. The van der Waals surface area contributed by atoms with Gasteiger partial charge in [0.2, 0.25) is 5.91 Å². The Kier molecular flexibility index (Phi) is 9.46. The van der Waals surface area contributed by atoms with Crippen molar-refractivity contribution in [2.75, 3.05) is 13.7 Å². The van der Waals surface area contributed by atoms with E-state index >= 15 is 0 Å². The van der Waals surface area contributed by atoms with E-state index in [0.29, 0.717) is 27.1 Å². The molecular weight excluding hydrogens is 439 g/mol. The third-order valence-electron chi connectivity index (χ3n) is 4.98. The van der Waals surface area contributed by atoms with Crippen LogP contribution in [0.5, 0.6) is 11.5 Å². The molecule has 0 aliphatic rings. The van der Waals surface area contributed by atoms with Crippen LogP contribution < -0.4 is 14.8 Å². The summed E-state index contributed by atoms with van der Waals surface area (Å²) in [5.74, 6) is 0.307. The van der Waals surface area contributed by atoms with Gasteiger partial charge in [0.25, 0.3) is 5.91 Å². The number of halogens is 2. The highest BCUT2D eigenvalue weighted by molar-refractivity contribution is 6.36. The Labute approximate surface area is 193 Å². The van der Waals surface area contributed by atoms with E-state index in [1.54, 1.807) is 49.4 Å². The van der Waals surface area contributed by atoms with Crippen LogP contribution in [-0.4, -0.2) is 42.5 Å². The number of hydrogen-bond donors (Lipinski definition) is 1. The van der Waals surface area contributed by atoms with Crippen molar-refractivity contribution >= 4 is 35.0 Å². The summed E-state index contributed by atoms with van der Waals surface area (Å²) in [6.45, 7) is 5.35. The molecule has 2 rings (SSSR count). The van der Waals surface area contributed by atoms with E-state index in [1.807, 2.05) is 13.8 Å². The predicted octanol–water partition coefficient (Wildman–Crippen LogP) is 4.71. The standard InChI is InChI=1S/C23H28Cl2N2O4/c1-5-15(2)26-23(29)16(3)27(13-17-18(24)9-8-10-19(17)25)22(28)14-31-21-12-7-6-11-20(21)30-4/h6-12,15-16H,5,13-14H2,1-4H3,(H,26,29)/t15-,16-/m0/s1. The molecule has 0 spiro atoms. The van der Waals surface area contributed by atoms with Crippen LogP contribution in [-0.2, 0) is 16.1 Å². The van der Waals surface area contributed by atoms with Gasteiger partial charge in [0.05, 0.1) is 7.11 Å². The average molecular weight is 467 g/mol. The summed E-state index contributed by atoms with van der Waals surface area (Å²) < 4.78 is 10.9. The highest BCUT2D eigenvalue weighted by Crippen LogP contribution is 2.28. The molecule has 0 bridgehead atoms. The lowest BCUT2D eigenvalue weighted by atomic mass is 10.1. The Balaban J connectivity index is 2.25. The minimum Gasteiger partial charge on any atom is -0.493 e. The zero-order chi connectivity index (χ0) is 23.0. The van der Waals surface area contributed by atoms with Crippen molar-refractivity contribution in [3.63, 3.8) is 0 Å². The molecule has 2 atom stereocenters. The molecule has 0 aliphatic heterocycles. The van der Waals surface area contributed by atoms with Gasteiger partial charge in [-0.25, -0.2) is 0 Å². The van der Waals surface area contributed by atoms with Crippen molar-refractivity contribution in [3.05, 3.63) is 58.1 Å². The van der Waals surface area contributed by atoms with Gasteiger partial charge in [-0.3, -0.25) is 9.59 Å². The van der Waals surface area contributed by atoms with Crippen molar-refractivity contribution in [1.82, 2.24) is 10.2 Å². The highest BCUT2D eigenvalue weighted by atomic mass is 35.5. The Morgan fingerprint density at radius 2 is 1.65 bits per heavy atom. The molecule has 31 heavy (non-hydrogen) atoms. The third-order valence-corrected chi connectivity index (χ3v) is 5.69. The molecule has 1 N–H and O–H groups in total. The van der Waals surface area contributed by atoms with Gasteiger partial charge in [-0.2, -0.15) is 0 Å². The molecule has 6 nitrogen and oxygen atoms in total. The van der Waals surface area contributed by atoms with E-state index in [0.717, 1.165) is 6.42 Å². The summed E-state index contributed by atoms with van der Waals surface area (Å²) in [5.41, 5.74) is 0.569. The van der Waals surface area contributed by atoms with Gasteiger partial charge in [-0.15, -0.1) is 0 Å². The normalized spacial score (nSPS) is 12.6. The molecule has 2 aromatic rings. The zero-order valence-corrected chi connectivity index (χ0v) is 19.7. The summed E-state index contributed by atoms with van der Waals surface area (Å²) in [4.78, 5) is 27.3. The summed E-state index contributed by atoms with van der Waals surface area (Å²) in [6.07, 6.45) is 0.777. The Hall–Kier alpha value is -2.44. The zero-order valence-electron chi connectivity index (χ0n) is 18.2. The molecule has 0 fully saturated rings. The lowest BCUT2D eigenvalue weighted by Crippen LogP contribution is -2.50. The van der Waals surface area contributed by atoms with Crippen LogP contribution in [0.3, 0.4) is 0 Å². The maximum Gasteiger partial charge on any atom is 0.261 e. The van der Waals surface area contributed by atoms with E-state index in [1.165, 1.54) is 12.0 Å². The second kappa shape index (κ2) is 11.8. The second-order valence-corrected chi connectivity index (χ2v) is 7.97. The lowest BCUT2D eigenvalue weighted by Gasteiger charge is -2.30. The van der Waals surface area contributed by atoms with Gasteiger partial charge in [0.1, 0.15) is 6.04 Å². The number of methoxy groups -OCH3 is 1. The summed E-state index contributed by atoms with van der Waals surface area (Å²) in [5, 5.41) is 3.76. The first-order chi connectivity index (χ1) is 14.8. The SMILES string of the molecule is CC[C@H](C)NC(=O)[C@H](C)N(Cc1c(Cl)cccc1Cl)C(=O)COc1ccccc1OC. The summed E-state index contributed by atoms with van der Waals surface area (Å²) in [7, 11) is 1.52. The number of carbonyl (C=O) groups is 2. The molecule has 8 heteroatoms. The Morgan fingerprint density at radius 3 is 2.23 bits per heavy atom. The maximum atomic E-state index is 13.1. The minimum atomic E-state index is -0.755. The molecule has 2 aromatic carbocycles. The van der Waals surface area contributed by atoms with Crippen LogP contribution in [0.4, 0.5) is 0 Å². The molecule has 0 radical (unpaired) electrons. The van der Waals surface area contributed by atoms with Gasteiger partial charge in [-0.05, 0) is 44.5 Å². The molecule has 0 aliphatic carbocycles. The number of carbonyl (C=O) groups excluding carboxylic acids is 2. The van der Waals surface area contributed by atoms with Gasteiger partial charge >= 0.3 is 0 Å². The van der Waals surface area contributed by atoms with Gasteiger partial charge in [0.15, 0.2) is 18.1 Å². The molecule has 0 unspecified atom stereocenters. The van der Waals surface area contributed by atoms with Crippen LogP contribution in [0.2, 0.25) is 10.0 Å². The minimum absolute atomic E-state index is 0.0133. The van der Waals surface area contributed by atoms with Crippen LogP contribution in [0.15, 0.2) is 42.5 Å². The smallest absolute Gasteiger partial charge is 0.261 e. The topological polar surface area (TPSA) is 67.9 Å². The van der Waals surface area contributed by atoms with Crippen molar-refractivity contribution in [1.29, 1.82) is 0 Å². The van der Waals surface area contributed by atoms with E-state index in [-0.39, 0.29) is 31.0 Å². The first-order valence-electron chi connectivity index (χ1n) is 10.1. The number of para-hydroxylation sites is 2. The monoisotopic (exact) mass is 466 g/mol. The van der Waals surface area contributed by atoms with Crippen LogP contribution in [0.1, 0.15) is 32.8 Å². The fourth-order valence-electron chi connectivity index (χ4n) is 2.86. The van der Waals surface area contributed by atoms with E-state index in [4.69, 9.17) is 32.7 Å². The maximum absolute atomic E-state index is 13.1. The van der Waals surface area contributed by atoms with Crippen molar-refractivity contribution in [2.24, 2.45) is 0 Å². The van der Waals surface area contributed by atoms with Crippen molar-refractivity contribution in [2.45, 2.75) is 45.8 Å². The predicted molar refractivity (Wildman–Crippen MR) is 123 cm³/mol. The number of nitrogens with one attached hydrogen (secondary N) is 1. The third kappa shape index (κ3) is 6.77. The summed E-state index contributed by atoms with van der Waals surface area (Å²) >= 11 is 12.6. The molecular formula is C23H28Cl2N2O4. The van der Waals surface area contributed by atoms with Crippen molar-refractivity contribution < 1.29 is 19.1 Å². The average Bonchev–Trinajstić information content (AvgIpc) is 2.76.